The predicted octanol–water partition coefficient (Wildman–Crippen LogP) is 3.09. The van der Waals surface area contributed by atoms with Crippen LogP contribution in [-0.2, 0) is 34.7 Å². The Bertz CT molecular complexity index is 1110. The number of fused-ring (bicyclic) bond motifs is 1. The van der Waals surface area contributed by atoms with E-state index in [1.807, 2.05) is 30.3 Å². The number of nitrogens with one attached hydrogen (secondary N) is 1. The third kappa shape index (κ3) is 4.45. The van der Waals surface area contributed by atoms with Gasteiger partial charge in [-0.3, -0.25) is 14.3 Å². The van der Waals surface area contributed by atoms with Crippen LogP contribution in [-0.4, -0.2) is 31.3 Å². The van der Waals surface area contributed by atoms with Crippen molar-refractivity contribution in [2.75, 3.05) is 11.1 Å². The van der Waals surface area contributed by atoms with Crippen molar-refractivity contribution >= 4 is 48.5 Å². The van der Waals surface area contributed by atoms with Gasteiger partial charge in [0.1, 0.15) is 0 Å². The quantitative estimate of drug-likeness (QED) is 0.481. The second-order valence-electron chi connectivity index (χ2n) is 6.74. The summed E-state index contributed by atoms with van der Waals surface area (Å²) >= 11 is 3.18. The van der Waals surface area contributed by atoms with Gasteiger partial charge in [-0.25, -0.2) is 8.42 Å². The van der Waals surface area contributed by atoms with E-state index in [-0.39, 0.29) is 11.6 Å². The molecule has 0 radical (unpaired) electrons. The number of benzene rings is 2. The molecule has 1 atom stereocenters. The Hall–Kier alpha value is -2.39. The molecule has 3 rings (SSSR count). The number of esters is 1. The predicted molar refractivity (Wildman–Crippen MR) is 112 cm³/mol. The summed E-state index contributed by atoms with van der Waals surface area (Å²) in [5, 5.41) is 2.37. The van der Waals surface area contributed by atoms with Gasteiger partial charge in [0.15, 0.2) is 5.60 Å². The summed E-state index contributed by atoms with van der Waals surface area (Å²) in [4.78, 5) is 24.6. The van der Waals surface area contributed by atoms with Crippen LogP contribution in [0.2, 0.25) is 0 Å². The van der Waals surface area contributed by atoms with Crippen molar-refractivity contribution in [2.45, 2.75) is 25.9 Å². The molecule has 29 heavy (non-hydrogen) atoms. The molecule has 0 fully saturated rings. The van der Waals surface area contributed by atoms with E-state index in [4.69, 9.17) is 9.47 Å². The molecule has 0 saturated heterocycles. The van der Waals surface area contributed by atoms with Gasteiger partial charge < -0.3 is 9.47 Å². The minimum absolute atomic E-state index is 0.181. The van der Waals surface area contributed by atoms with Crippen molar-refractivity contribution in [3.63, 3.8) is 0 Å². The fourth-order valence-electron chi connectivity index (χ4n) is 3.03. The summed E-state index contributed by atoms with van der Waals surface area (Å²) in [6, 6.07) is 13.0. The Kier molecular flexibility index (Phi) is 6.00. The summed E-state index contributed by atoms with van der Waals surface area (Å²) in [5.41, 5.74) is -1.03. The van der Waals surface area contributed by atoms with Crippen LogP contribution >= 0.6 is 15.9 Å². The zero-order valence-corrected chi connectivity index (χ0v) is 18.3. The van der Waals surface area contributed by atoms with Crippen LogP contribution in [0, 0.1) is 0 Å². The lowest BCUT2D eigenvalue weighted by atomic mass is 9.90. The normalized spacial score (nSPS) is 19.3. The lowest BCUT2D eigenvalue weighted by Crippen LogP contribution is -2.33. The molecule has 0 spiro atoms. The highest BCUT2D eigenvalue weighted by molar-refractivity contribution is 9.09. The molecule has 0 saturated carbocycles. The first-order valence-electron chi connectivity index (χ1n) is 8.88. The zero-order valence-electron chi connectivity index (χ0n) is 15.9. The second-order valence-corrected chi connectivity index (χ2v) is 9.38. The van der Waals surface area contributed by atoms with E-state index >= 15 is 0 Å². The monoisotopic (exact) mass is 481 g/mol. The molecule has 1 heterocycles. The van der Waals surface area contributed by atoms with Crippen LogP contribution < -0.4 is 4.72 Å². The Labute approximate surface area is 177 Å². The standard InChI is InChI=1S/C20H20BrNO6S/c1-13(23)27-17-18(24)20(2,28-19(17)22-29(25,26)11-5-10-21)16-9-8-14-6-3-4-7-15(14)12-16/h3-4,6-9,12,22H,5,10-11H2,1-2H3. The van der Waals surface area contributed by atoms with E-state index in [2.05, 4.69) is 20.7 Å². The maximum Gasteiger partial charge on any atom is 0.308 e. The van der Waals surface area contributed by atoms with Crippen molar-refractivity contribution in [1.29, 1.82) is 0 Å². The maximum atomic E-state index is 13.1. The number of alkyl halides is 1. The fraction of sp³-hybridized carbons (Fsp3) is 0.300. The molecule has 9 heteroatoms. The molecule has 7 nitrogen and oxygen atoms in total. The molecule has 0 amide bonds. The molecule has 0 aromatic heterocycles. The first-order valence-corrected chi connectivity index (χ1v) is 11.7. The van der Waals surface area contributed by atoms with Crippen molar-refractivity contribution in [1.82, 2.24) is 4.72 Å². The molecule has 2 aromatic carbocycles. The van der Waals surface area contributed by atoms with Gasteiger partial charge in [0, 0.05) is 17.8 Å². The lowest BCUT2D eigenvalue weighted by Gasteiger charge is -2.24. The summed E-state index contributed by atoms with van der Waals surface area (Å²) in [7, 11) is -3.79. The van der Waals surface area contributed by atoms with Gasteiger partial charge in [-0.15, -0.1) is 0 Å². The smallest absolute Gasteiger partial charge is 0.308 e. The molecule has 154 valence electrons. The van der Waals surface area contributed by atoms with E-state index in [0.717, 1.165) is 17.7 Å². The molecule has 1 aliphatic rings. The topological polar surface area (TPSA) is 98.8 Å². The first-order chi connectivity index (χ1) is 13.7. The van der Waals surface area contributed by atoms with Gasteiger partial charge >= 0.3 is 5.97 Å². The molecule has 0 bridgehead atoms. The summed E-state index contributed by atoms with van der Waals surface area (Å²) in [6.07, 6.45) is 0.363. The van der Waals surface area contributed by atoms with Crippen LogP contribution in [0.5, 0.6) is 0 Å². The molecular weight excluding hydrogens is 462 g/mol. The largest absolute Gasteiger partial charge is 0.456 e. The Morgan fingerprint density at radius 3 is 2.55 bits per heavy atom. The number of Topliss-reactive ketones (excluding diaryl/α,β-unsaturated/α-hetero) is 1. The van der Waals surface area contributed by atoms with Crippen LogP contribution in [0.15, 0.2) is 54.1 Å². The Balaban J connectivity index is 2.00. The number of sulfonamides is 1. The van der Waals surface area contributed by atoms with Crippen molar-refractivity contribution in [3.8, 4) is 0 Å². The highest BCUT2D eigenvalue weighted by Gasteiger charge is 2.50. The Morgan fingerprint density at radius 2 is 1.90 bits per heavy atom. The van der Waals surface area contributed by atoms with Gasteiger partial charge in [0.2, 0.25) is 21.7 Å². The summed E-state index contributed by atoms with van der Waals surface area (Å²) < 4.78 is 37.7. The summed E-state index contributed by atoms with van der Waals surface area (Å²) in [6.45, 7) is 2.64. The van der Waals surface area contributed by atoms with Crippen LogP contribution in [0.4, 0.5) is 0 Å². The van der Waals surface area contributed by atoms with Crippen LogP contribution in [0.1, 0.15) is 25.8 Å². The van der Waals surface area contributed by atoms with Crippen LogP contribution in [0.25, 0.3) is 10.8 Å². The number of ether oxygens (including phenoxy) is 2. The number of halogens is 1. The molecule has 1 N–H and O–H groups in total. The Morgan fingerprint density at radius 1 is 1.21 bits per heavy atom. The first kappa shape index (κ1) is 21.3. The van der Waals surface area contributed by atoms with E-state index in [9.17, 15) is 18.0 Å². The minimum atomic E-state index is -3.79. The average molecular weight is 482 g/mol. The number of rotatable bonds is 7. The highest BCUT2D eigenvalue weighted by Crippen LogP contribution is 2.39. The lowest BCUT2D eigenvalue weighted by molar-refractivity contribution is -0.142. The second kappa shape index (κ2) is 8.16. The van der Waals surface area contributed by atoms with Gasteiger partial charge in [0.05, 0.1) is 5.75 Å². The molecule has 2 aromatic rings. The zero-order chi connectivity index (χ0) is 21.2. The molecule has 1 unspecified atom stereocenters. The van der Waals surface area contributed by atoms with Crippen molar-refractivity contribution < 1.29 is 27.5 Å². The third-order valence-corrected chi connectivity index (χ3v) is 6.38. The fourth-order valence-corrected chi connectivity index (χ4v) is 4.73. The number of hydrogen-bond donors (Lipinski definition) is 1. The maximum absolute atomic E-state index is 13.1. The SMILES string of the molecule is CC(=O)OC1=C(NS(=O)(=O)CCCBr)OC(C)(c2ccc3ccccc3c2)C1=O. The van der Waals surface area contributed by atoms with E-state index in [0.29, 0.717) is 17.3 Å². The van der Waals surface area contributed by atoms with Crippen molar-refractivity contribution in [2.24, 2.45) is 0 Å². The third-order valence-electron chi connectivity index (χ3n) is 4.49. The van der Waals surface area contributed by atoms with Gasteiger partial charge in [-0.05, 0) is 30.2 Å². The van der Waals surface area contributed by atoms with E-state index in [1.165, 1.54) is 6.92 Å². The molecule has 0 aliphatic carbocycles. The van der Waals surface area contributed by atoms with Gasteiger partial charge in [0.25, 0.3) is 5.78 Å². The number of ketones is 1. The van der Waals surface area contributed by atoms with Crippen LogP contribution in [0.3, 0.4) is 0 Å². The highest BCUT2D eigenvalue weighted by atomic mass is 79.9. The average Bonchev–Trinajstić information content (AvgIpc) is 2.90. The number of carbonyl (C=O) groups excluding carboxylic acids is 2. The molecular formula is C20H20BrNO6S. The summed E-state index contributed by atoms with van der Waals surface area (Å²) in [5.74, 6) is -2.40. The van der Waals surface area contributed by atoms with E-state index < -0.39 is 33.1 Å². The number of hydrogen-bond acceptors (Lipinski definition) is 6. The van der Waals surface area contributed by atoms with E-state index in [1.54, 1.807) is 12.1 Å². The molecule has 1 aliphatic heterocycles. The minimum Gasteiger partial charge on any atom is -0.456 e. The van der Waals surface area contributed by atoms with Crippen molar-refractivity contribution in [3.05, 3.63) is 59.7 Å². The number of carbonyl (C=O) groups is 2. The van der Waals surface area contributed by atoms with Gasteiger partial charge in [-0.1, -0.05) is 52.3 Å². The van der Waals surface area contributed by atoms with Gasteiger partial charge in [-0.2, -0.15) is 0 Å².